The summed E-state index contributed by atoms with van der Waals surface area (Å²) in [6.45, 7) is 31.8. The molecule has 0 heterocycles. The Balaban J connectivity index is -0.0000000210. The van der Waals surface area contributed by atoms with Gasteiger partial charge in [0.2, 0.25) is 0 Å². The van der Waals surface area contributed by atoms with Gasteiger partial charge in [-0.1, -0.05) is 267 Å². The molecule has 2 bridgehead atoms. The first kappa shape index (κ1) is 144. The van der Waals surface area contributed by atoms with Gasteiger partial charge in [-0.25, -0.2) is 0 Å². The number of carboxylic acids is 1. The summed E-state index contributed by atoms with van der Waals surface area (Å²) < 4.78 is 25.3. The third-order valence-corrected chi connectivity index (χ3v) is 18.4. The third kappa shape index (κ3) is 92.5. The summed E-state index contributed by atoms with van der Waals surface area (Å²) in [5.74, 6) is 70.1. The van der Waals surface area contributed by atoms with Crippen LogP contribution in [-0.4, -0.2) is 97.2 Å². The van der Waals surface area contributed by atoms with Crippen molar-refractivity contribution in [2.24, 2.45) is 52.3 Å². The summed E-state index contributed by atoms with van der Waals surface area (Å²) in [7, 11) is 1.41. The van der Waals surface area contributed by atoms with Gasteiger partial charge in [0.25, 0.3) is 0 Å². The van der Waals surface area contributed by atoms with Crippen molar-refractivity contribution in [2.75, 3.05) is 45.0 Å². The largest absolute Gasteiger partial charge is 0.481 e. The van der Waals surface area contributed by atoms with E-state index in [4.69, 9.17) is 35.6 Å². The van der Waals surface area contributed by atoms with Gasteiger partial charge in [0.15, 0.2) is 0 Å². The van der Waals surface area contributed by atoms with Crippen molar-refractivity contribution in [3.63, 3.8) is 0 Å². The zero-order valence-electron chi connectivity index (χ0n) is 68.1. The first-order chi connectivity index (χ1) is 51.3. The molecule has 2 aliphatic rings. The molecule has 2 fully saturated rings. The van der Waals surface area contributed by atoms with Gasteiger partial charge in [-0.15, -0.1) is 6.42 Å². The van der Waals surface area contributed by atoms with Crippen LogP contribution >= 0.6 is 11.8 Å². The SMILES string of the molecule is C.C.C.C.C.C.C.C.C.C.C.C#CC#CC#CC#CC#CC#CC#CC#CC#CC#CC#CC#CC#CC#CC(C)CC.CC(C)C(=O)OCCO.CCC(C)(C)C(=O)O.CCC(C)C(=O)OC1CC2CCC1C2.CCC(C)C(=O)OCCCSCC(C)(C)C(=O)OC.CCCCCCCCCCCCCCCCCCOC(=O)C(C)CC.[HH].[HH].[HH].[HH].[HH].[HH].[HH].[HH].[HH].[HH].[HH].[HH].[HH].[HH].[HH].[HH].[HH].[HH].[HH].[HH].[HH].[HH].[HH].[HH].[HH].[HH].[HH].[HH]. The number of fused-ring (bicyclic) bond motifs is 2. The van der Waals surface area contributed by atoms with Crippen LogP contribution in [0.15, 0.2) is 0 Å². The van der Waals surface area contributed by atoms with Crippen LogP contribution < -0.4 is 0 Å². The maximum Gasteiger partial charge on any atom is 0.312 e. The first-order valence-electron chi connectivity index (χ1n) is 38.4. The highest BCUT2D eigenvalue weighted by atomic mass is 32.2. The molecule has 0 aromatic carbocycles. The number of carbonyl (C=O) groups excluding carboxylic acids is 5. The Hall–Kier alpha value is -9.03. The number of esters is 5. The number of carbonyl (C=O) groups is 6. The molecule has 0 spiro atoms. The summed E-state index contributed by atoms with van der Waals surface area (Å²) in [5.41, 5.74) is -1.01. The molecular weight excluding hydrogens is 1490 g/mol. The summed E-state index contributed by atoms with van der Waals surface area (Å²) in [5, 5.41) is 16.7. The molecule has 0 aromatic heterocycles. The maximum absolute atomic E-state index is 11.6. The van der Waals surface area contributed by atoms with Crippen LogP contribution in [0.5, 0.6) is 0 Å². The number of methoxy groups -OCH3 is 1. The van der Waals surface area contributed by atoms with E-state index in [1.807, 2.05) is 69.2 Å². The van der Waals surface area contributed by atoms with Gasteiger partial charge in [0.05, 0.1) is 61.4 Å². The van der Waals surface area contributed by atoms with Crippen molar-refractivity contribution in [3.8, 4) is 166 Å². The number of hydrogen-bond donors (Lipinski definition) is 2. The summed E-state index contributed by atoms with van der Waals surface area (Å²) in [6, 6.07) is 0. The zero-order valence-corrected chi connectivity index (χ0v) is 68.9. The molecule has 7 unspecified atom stereocenters. The topological polar surface area (TPSA) is 189 Å². The Bertz CT molecular complexity index is 3610. The number of thioether (sulfide) groups is 1. The van der Waals surface area contributed by atoms with Crippen LogP contribution in [0.25, 0.3) is 0 Å². The van der Waals surface area contributed by atoms with Crippen molar-refractivity contribution >= 4 is 47.6 Å². The van der Waals surface area contributed by atoms with Gasteiger partial charge in [0.1, 0.15) is 12.7 Å². The highest BCUT2D eigenvalue weighted by molar-refractivity contribution is 7.99. The summed E-state index contributed by atoms with van der Waals surface area (Å²) in [4.78, 5) is 66.8. The van der Waals surface area contributed by atoms with Gasteiger partial charge in [-0.3, -0.25) is 28.8 Å². The van der Waals surface area contributed by atoms with E-state index in [1.54, 1.807) is 39.5 Å². The van der Waals surface area contributed by atoms with Crippen LogP contribution in [0.1, 0.15) is 399 Å². The number of aliphatic hydroxyl groups excluding tert-OH is 1. The second kappa shape index (κ2) is 102. The number of carboxylic acid groups (broad SMARTS) is 1. The second-order valence-electron chi connectivity index (χ2n) is 27.3. The van der Waals surface area contributed by atoms with E-state index < -0.39 is 16.8 Å². The van der Waals surface area contributed by atoms with Gasteiger partial charge in [0, 0.05) is 111 Å². The van der Waals surface area contributed by atoms with Crippen LogP contribution in [0, 0.1) is 219 Å². The molecule has 2 saturated carbocycles. The molecule has 13 nitrogen and oxygen atoms in total. The molecule has 0 amide bonds. The van der Waals surface area contributed by atoms with Crippen molar-refractivity contribution < 1.29 is 103 Å². The molecular formula is C104H226O13S. The third-order valence-electron chi connectivity index (χ3n) is 16.9. The standard InChI is InChI=1S/C32H10.C23H46O2.C14H26O4S.C12H20O2.C6H12O3.C6H12O2.11CH4.28H2/c1-4-6-7-8-9-10-11-12-13-14-15-16-17-18-19-20-21-22-23-24-25-26-27-28-29-30-31-32(3)5-2;1-4-6-7-8-9-10-11-12-13-14-15-16-17-18-19-20-21-25-23(24)22(3)5-2;1-6-11(2)12(15)18-8-7-9-19-10-14(3,4)13(16)17-5;1-3-8(2)12(13)14-11-7-9-4-5-10(11)6-9;1-5(2)6(8)9-4-3-7;1-4-6(2,3)5(7)8;;;;;;;;;;;;;;;;;;;;;;;;;;;;;;;;;;;;;;;/h1,32H,5H2,2-3H3;22H,4-21H2,1-3H3;11H,6-10H2,1-5H3;8-11H,3-7H2,1-2H3;5,7H,3-4H2,1-2H3;4H2,1-3H3,(H,7,8);11*1H4;28*1H. The van der Waals surface area contributed by atoms with Gasteiger partial charge < -0.3 is 33.9 Å². The Kier molecular flexibility index (Phi) is 125. The molecule has 0 aliphatic heterocycles. The minimum absolute atomic E-state index is 0. The average molecular weight is 1720 g/mol. The molecule has 2 rings (SSSR count). The minimum atomic E-state index is -0.722. The monoisotopic (exact) mass is 1720 g/mol. The molecule has 0 radical (unpaired) electrons. The fourth-order valence-corrected chi connectivity index (χ4v) is 9.77. The van der Waals surface area contributed by atoms with Crippen molar-refractivity contribution in [3.05, 3.63) is 0 Å². The maximum atomic E-state index is 11.6. The van der Waals surface area contributed by atoms with Crippen molar-refractivity contribution in [2.45, 2.75) is 366 Å². The lowest BCUT2D eigenvalue weighted by Gasteiger charge is -2.23. The predicted molar refractivity (Wildman–Crippen MR) is 570 cm³/mol. The highest BCUT2D eigenvalue weighted by Crippen LogP contribution is 2.46. The van der Waals surface area contributed by atoms with E-state index >= 15 is 0 Å². The molecule has 118 heavy (non-hydrogen) atoms. The number of aliphatic carboxylic acids is 1. The van der Waals surface area contributed by atoms with E-state index in [-0.39, 0.29) is 194 Å². The minimum Gasteiger partial charge on any atom is -0.481 e. The Labute approximate surface area is 776 Å². The van der Waals surface area contributed by atoms with E-state index in [9.17, 15) is 28.8 Å². The van der Waals surface area contributed by atoms with E-state index in [0.29, 0.717) is 37.2 Å². The Morgan fingerprint density at radius 1 is 0.424 bits per heavy atom. The summed E-state index contributed by atoms with van der Waals surface area (Å²) in [6.07, 6.45) is 37.3. The highest BCUT2D eigenvalue weighted by Gasteiger charge is 2.42. The first-order valence-corrected chi connectivity index (χ1v) is 39.6. The van der Waals surface area contributed by atoms with Gasteiger partial charge >= 0.3 is 35.8 Å². The lowest BCUT2D eigenvalue weighted by atomic mass is 9.91. The molecule has 726 valence electrons. The quantitative estimate of drug-likeness (QED) is 0.0259. The smallest absolute Gasteiger partial charge is 0.312 e. The lowest BCUT2D eigenvalue weighted by Crippen LogP contribution is -2.28. The van der Waals surface area contributed by atoms with Gasteiger partial charge in [-0.05, 0) is 211 Å². The fourth-order valence-electron chi connectivity index (χ4n) is 8.68. The average Bonchev–Trinajstić information content (AvgIpc) is 1.67. The molecule has 0 aromatic rings. The molecule has 14 heteroatoms. The predicted octanol–water partition coefficient (Wildman–Crippen LogP) is 30.8. The van der Waals surface area contributed by atoms with E-state index in [2.05, 4.69) is 178 Å². The lowest BCUT2D eigenvalue weighted by molar-refractivity contribution is -0.156. The van der Waals surface area contributed by atoms with Crippen LogP contribution in [0.3, 0.4) is 0 Å². The second-order valence-corrected chi connectivity index (χ2v) is 28.4. The van der Waals surface area contributed by atoms with Crippen LogP contribution in [-0.2, 0) is 52.5 Å². The van der Waals surface area contributed by atoms with Crippen molar-refractivity contribution in [1.29, 1.82) is 0 Å². The van der Waals surface area contributed by atoms with Crippen LogP contribution in [0.4, 0.5) is 0 Å². The molecule has 7 atom stereocenters. The van der Waals surface area contributed by atoms with E-state index in [0.717, 1.165) is 56.6 Å². The van der Waals surface area contributed by atoms with Gasteiger partial charge in [-0.2, -0.15) is 11.8 Å². The summed E-state index contributed by atoms with van der Waals surface area (Å²) >= 11 is 1.68. The number of ether oxygens (including phenoxy) is 5. The number of aliphatic hydroxyl groups is 1. The number of terminal acetylenes is 1. The number of unbranched alkanes of at least 4 members (excludes halogenated alkanes) is 15. The van der Waals surface area contributed by atoms with Crippen molar-refractivity contribution in [1.82, 2.24) is 0 Å². The zero-order chi connectivity index (χ0) is 81.0. The number of rotatable bonds is 37. The fraction of sp³-hybridized carbons (Fsp3) is 0.673. The Morgan fingerprint density at radius 2 is 0.754 bits per heavy atom. The molecule has 2 N–H and O–H groups in total. The normalized spacial score (nSPS) is 12.1. The molecule has 2 aliphatic carbocycles. The van der Waals surface area contributed by atoms with E-state index in [1.165, 1.54) is 123 Å². The Morgan fingerprint density at radius 3 is 1.03 bits per heavy atom. The number of hydrogen-bond acceptors (Lipinski definition) is 13. The molecule has 0 saturated heterocycles. The van der Waals surface area contributed by atoms with Crippen LogP contribution in [0.2, 0.25) is 0 Å².